The van der Waals surface area contributed by atoms with Gasteiger partial charge in [-0.3, -0.25) is 4.79 Å². The Morgan fingerprint density at radius 3 is 2.94 bits per heavy atom. The zero-order valence-electron chi connectivity index (χ0n) is 9.65. The number of nitrogens with zero attached hydrogens (tertiary/aromatic N) is 1. The fourth-order valence-electron chi connectivity index (χ4n) is 0.965. The van der Waals surface area contributed by atoms with Gasteiger partial charge in [0.1, 0.15) is 9.88 Å². The molecule has 4 nitrogen and oxygen atoms in total. The molecule has 1 aromatic rings. The smallest absolute Gasteiger partial charge is 0.326 e. The van der Waals surface area contributed by atoms with Gasteiger partial charge in [0.2, 0.25) is 0 Å². The SMILES string of the molecule is CCOC(=O)C(C)(N)CSc1nc(C)cs1. The Kier molecular flexibility index (Phi) is 4.76. The second-order valence-electron chi connectivity index (χ2n) is 3.68. The molecule has 90 valence electrons. The van der Waals surface area contributed by atoms with Gasteiger partial charge in [0.15, 0.2) is 0 Å². The molecule has 6 heteroatoms. The minimum absolute atomic E-state index is 0.354. The topological polar surface area (TPSA) is 65.2 Å². The standard InChI is InChI=1S/C10H16N2O2S2/c1-4-14-8(13)10(3,11)6-16-9-12-7(2)5-15-9/h5H,4,6,11H2,1-3H3. The molecule has 1 unspecified atom stereocenters. The lowest BCUT2D eigenvalue weighted by molar-refractivity contribution is -0.148. The molecule has 16 heavy (non-hydrogen) atoms. The minimum Gasteiger partial charge on any atom is -0.465 e. The van der Waals surface area contributed by atoms with E-state index in [2.05, 4.69) is 4.98 Å². The van der Waals surface area contributed by atoms with Crippen LogP contribution in [0, 0.1) is 6.92 Å². The second-order valence-corrected chi connectivity index (χ2v) is 5.76. The predicted octanol–water partition coefficient (Wildman–Crippen LogP) is 1.82. The first-order valence-electron chi connectivity index (χ1n) is 4.96. The molecule has 1 rings (SSSR count). The summed E-state index contributed by atoms with van der Waals surface area (Å²) in [6.07, 6.45) is 0. The molecule has 0 aliphatic carbocycles. The highest BCUT2D eigenvalue weighted by atomic mass is 32.2. The first-order chi connectivity index (χ1) is 7.45. The summed E-state index contributed by atoms with van der Waals surface area (Å²) in [6, 6.07) is 0. The van der Waals surface area contributed by atoms with Crippen LogP contribution in [-0.2, 0) is 9.53 Å². The molecular formula is C10H16N2O2S2. The molecule has 0 aromatic carbocycles. The molecule has 0 bridgehead atoms. The summed E-state index contributed by atoms with van der Waals surface area (Å²) < 4.78 is 5.84. The summed E-state index contributed by atoms with van der Waals surface area (Å²) in [5, 5.41) is 1.97. The van der Waals surface area contributed by atoms with Crippen LogP contribution in [0.15, 0.2) is 9.72 Å². The van der Waals surface area contributed by atoms with Crippen LogP contribution in [-0.4, -0.2) is 28.9 Å². The van der Waals surface area contributed by atoms with Gasteiger partial charge in [0.25, 0.3) is 0 Å². The lowest BCUT2D eigenvalue weighted by Gasteiger charge is -2.20. The summed E-state index contributed by atoms with van der Waals surface area (Å²) in [7, 11) is 0. The number of aromatic nitrogens is 1. The minimum atomic E-state index is -0.958. The third-order valence-electron chi connectivity index (χ3n) is 1.84. The summed E-state index contributed by atoms with van der Waals surface area (Å²) in [5.74, 6) is 0.106. The molecule has 1 aromatic heterocycles. The third kappa shape index (κ3) is 3.77. The average Bonchev–Trinajstić information content (AvgIpc) is 2.62. The van der Waals surface area contributed by atoms with Gasteiger partial charge in [-0.05, 0) is 20.8 Å². The highest BCUT2D eigenvalue weighted by Gasteiger charge is 2.30. The number of hydrogen-bond acceptors (Lipinski definition) is 6. The Hall–Kier alpha value is -0.590. The Balaban J connectivity index is 2.50. The Morgan fingerprint density at radius 1 is 1.75 bits per heavy atom. The Bertz CT molecular complexity index is 363. The van der Waals surface area contributed by atoms with Gasteiger partial charge in [-0.2, -0.15) is 0 Å². The van der Waals surface area contributed by atoms with E-state index < -0.39 is 5.54 Å². The molecular weight excluding hydrogens is 244 g/mol. The van der Waals surface area contributed by atoms with E-state index in [1.807, 2.05) is 12.3 Å². The average molecular weight is 260 g/mol. The van der Waals surface area contributed by atoms with Gasteiger partial charge >= 0.3 is 5.97 Å². The van der Waals surface area contributed by atoms with Gasteiger partial charge in [-0.25, -0.2) is 4.98 Å². The number of esters is 1. The molecule has 0 saturated carbocycles. The monoisotopic (exact) mass is 260 g/mol. The Morgan fingerprint density at radius 2 is 2.44 bits per heavy atom. The van der Waals surface area contributed by atoms with E-state index >= 15 is 0 Å². The number of hydrogen-bond donors (Lipinski definition) is 1. The second kappa shape index (κ2) is 5.65. The van der Waals surface area contributed by atoms with E-state index in [-0.39, 0.29) is 5.97 Å². The van der Waals surface area contributed by atoms with Gasteiger partial charge in [-0.1, -0.05) is 11.8 Å². The molecule has 1 heterocycles. The number of rotatable bonds is 5. The van der Waals surface area contributed by atoms with Gasteiger partial charge in [0.05, 0.1) is 6.61 Å². The summed E-state index contributed by atoms with van der Waals surface area (Å²) in [4.78, 5) is 15.8. The summed E-state index contributed by atoms with van der Waals surface area (Å²) in [5.41, 5.74) is 5.91. The van der Waals surface area contributed by atoms with Crippen molar-refractivity contribution in [3.05, 3.63) is 11.1 Å². The third-order valence-corrected chi connectivity index (χ3v) is 4.31. The zero-order valence-corrected chi connectivity index (χ0v) is 11.3. The van der Waals surface area contributed by atoms with Crippen molar-refractivity contribution < 1.29 is 9.53 Å². The Labute approximate surface area is 104 Å². The van der Waals surface area contributed by atoms with E-state index in [0.29, 0.717) is 12.4 Å². The van der Waals surface area contributed by atoms with Crippen molar-refractivity contribution in [2.24, 2.45) is 5.73 Å². The van der Waals surface area contributed by atoms with Crippen molar-refractivity contribution >= 4 is 29.1 Å². The number of carbonyl (C=O) groups excluding carboxylic acids is 1. The maximum atomic E-state index is 11.5. The molecule has 0 radical (unpaired) electrons. The molecule has 0 saturated heterocycles. The largest absolute Gasteiger partial charge is 0.465 e. The van der Waals surface area contributed by atoms with E-state index in [4.69, 9.17) is 10.5 Å². The number of carbonyl (C=O) groups is 1. The van der Waals surface area contributed by atoms with Crippen LogP contribution in [0.2, 0.25) is 0 Å². The van der Waals surface area contributed by atoms with E-state index in [0.717, 1.165) is 10.0 Å². The normalized spacial score (nSPS) is 14.5. The van der Waals surface area contributed by atoms with Crippen molar-refractivity contribution in [1.29, 1.82) is 0 Å². The van der Waals surface area contributed by atoms with Gasteiger partial charge < -0.3 is 10.5 Å². The highest BCUT2D eigenvalue weighted by Crippen LogP contribution is 2.25. The molecule has 0 aliphatic heterocycles. The van der Waals surface area contributed by atoms with Crippen molar-refractivity contribution in [3.63, 3.8) is 0 Å². The molecule has 2 N–H and O–H groups in total. The molecule has 0 fully saturated rings. The van der Waals surface area contributed by atoms with Crippen molar-refractivity contribution in [1.82, 2.24) is 4.98 Å². The molecule has 0 spiro atoms. The summed E-state index contributed by atoms with van der Waals surface area (Å²) in [6.45, 7) is 5.74. The van der Waals surface area contributed by atoms with Crippen molar-refractivity contribution in [3.8, 4) is 0 Å². The fourth-order valence-corrected chi connectivity index (χ4v) is 2.83. The van der Waals surface area contributed by atoms with Crippen LogP contribution < -0.4 is 5.73 Å². The number of ether oxygens (including phenoxy) is 1. The zero-order chi connectivity index (χ0) is 12.2. The molecule has 1 atom stereocenters. The maximum Gasteiger partial charge on any atom is 0.326 e. The maximum absolute atomic E-state index is 11.5. The van der Waals surface area contributed by atoms with Crippen LogP contribution in [0.5, 0.6) is 0 Å². The summed E-state index contributed by atoms with van der Waals surface area (Å²) >= 11 is 3.04. The lowest BCUT2D eigenvalue weighted by atomic mass is 10.1. The first-order valence-corrected chi connectivity index (χ1v) is 6.83. The van der Waals surface area contributed by atoms with Crippen molar-refractivity contribution in [2.45, 2.75) is 30.6 Å². The van der Waals surface area contributed by atoms with Crippen LogP contribution in [0.4, 0.5) is 0 Å². The number of aryl methyl sites for hydroxylation is 1. The van der Waals surface area contributed by atoms with E-state index in [1.165, 1.54) is 11.8 Å². The molecule has 0 amide bonds. The van der Waals surface area contributed by atoms with Gasteiger partial charge in [0, 0.05) is 16.8 Å². The fraction of sp³-hybridized carbons (Fsp3) is 0.600. The van der Waals surface area contributed by atoms with Crippen LogP contribution >= 0.6 is 23.1 Å². The van der Waals surface area contributed by atoms with Gasteiger partial charge in [-0.15, -0.1) is 11.3 Å². The lowest BCUT2D eigenvalue weighted by Crippen LogP contribution is -2.48. The predicted molar refractivity (Wildman–Crippen MR) is 66.8 cm³/mol. The van der Waals surface area contributed by atoms with E-state index in [1.54, 1.807) is 25.2 Å². The molecule has 0 aliphatic rings. The van der Waals surface area contributed by atoms with Crippen LogP contribution in [0.3, 0.4) is 0 Å². The highest BCUT2D eigenvalue weighted by molar-refractivity contribution is 8.01. The number of thiazole rings is 1. The van der Waals surface area contributed by atoms with Crippen LogP contribution in [0.1, 0.15) is 19.5 Å². The first kappa shape index (κ1) is 13.5. The quantitative estimate of drug-likeness (QED) is 0.646. The van der Waals surface area contributed by atoms with Crippen LogP contribution in [0.25, 0.3) is 0 Å². The van der Waals surface area contributed by atoms with Crippen molar-refractivity contribution in [2.75, 3.05) is 12.4 Å². The number of nitrogens with two attached hydrogens (primary N) is 1. The number of thioether (sulfide) groups is 1. The van der Waals surface area contributed by atoms with E-state index in [9.17, 15) is 4.79 Å².